The van der Waals surface area contributed by atoms with Crippen LogP contribution < -0.4 is 14.8 Å². The highest BCUT2D eigenvalue weighted by molar-refractivity contribution is 7.09. The van der Waals surface area contributed by atoms with E-state index in [1.165, 1.54) is 0 Å². The van der Waals surface area contributed by atoms with Gasteiger partial charge in [-0.05, 0) is 26.0 Å². The fraction of sp³-hybridized carbons (Fsp3) is 0.412. The van der Waals surface area contributed by atoms with Crippen molar-refractivity contribution in [3.63, 3.8) is 0 Å². The van der Waals surface area contributed by atoms with Crippen LogP contribution in [0.2, 0.25) is 0 Å². The number of rotatable bonds is 6. The SMILES string of the molecule is COc1cc(C(=O)NC[C@@H](C)c2nc(C)cs2)cc(OC)c1C. The standard InChI is InChI=1S/C17H22N2O3S/c1-10(17-19-11(2)9-23-17)8-18-16(20)13-6-14(21-4)12(3)15(7-13)22-5/h6-7,9-10H,8H2,1-5H3,(H,18,20)/t10-/m1/s1. The summed E-state index contributed by atoms with van der Waals surface area (Å²) in [5.41, 5.74) is 2.40. The molecule has 0 radical (unpaired) electrons. The van der Waals surface area contributed by atoms with E-state index in [2.05, 4.69) is 17.2 Å². The number of amides is 1. The Kier molecular flexibility index (Phi) is 5.60. The fourth-order valence-corrected chi connectivity index (χ4v) is 3.11. The van der Waals surface area contributed by atoms with E-state index in [0.717, 1.165) is 16.3 Å². The van der Waals surface area contributed by atoms with Gasteiger partial charge in [0.05, 0.1) is 19.2 Å². The number of ether oxygens (including phenoxy) is 2. The number of thiazole rings is 1. The number of hydrogen-bond donors (Lipinski definition) is 1. The van der Waals surface area contributed by atoms with Gasteiger partial charge in [0, 0.05) is 34.7 Å². The second kappa shape index (κ2) is 7.46. The number of benzene rings is 1. The molecule has 1 heterocycles. The van der Waals surface area contributed by atoms with Crippen LogP contribution in [0.5, 0.6) is 11.5 Å². The lowest BCUT2D eigenvalue weighted by atomic mass is 10.1. The lowest BCUT2D eigenvalue weighted by Gasteiger charge is -2.14. The summed E-state index contributed by atoms with van der Waals surface area (Å²) in [6, 6.07) is 3.46. The van der Waals surface area contributed by atoms with Gasteiger partial charge in [-0.1, -0.05) is 6.92 Å². The molecule has 2 rings (SSSR count). The van der Waals surface area contributed by atoms with Crippen molar-refractivity contribution >= 4 is 17.2 Å². The Labute approximate surface area is 140 Å². The van der Waals surface area contributed by atoms with Gasteiger partial charge in [0.25, 0.3) is 5.91 Å². The zero-order chi connectivity index (χ0) is 17.0. The predicted molar refractivity (Wildman–Crippen MR) is 91.9 cm³/mol. The Morgan fingerprint density at radius 1 is 1.26 bits per heavy atom. The number of hydrogen-bond acceptors (Lipinski definition) is 5. The topological polar surface area (TPSA) is 60.5 Å². The van der Waals surface area contributed by atoms with Gasteiger partial charge in [-0.3, -0.25) is 4.79 Å². The Morgan fingerprint density at radius 3 is 2.35 bits per heavy atom. The minimum atomic E-state index is -0.151. The molecule has 0 aliphatic heterocycles. The first-order valence-corrected chi connectivity index (χ1v) is 8.27. The minimum absolute atomic E-state index is 0.151. The summed E-state index contributed by atoms with van der Waals surface area (Å²) in [6.07, 6.45) is 0. The van der Waals surface area contributed by atoms with Crippen molar-refractivity contribution in [2.45, 2.75) is 26.7 Å². The van der Waals surface area contributed by atoms with Crippen LogP contribution in [-0.4, -0.2) is 31.7 Å². The number of aromatic nitrogens is 1. The molecule has 23 heavy (non-hydrogen) atoms. The van der Waals surface area contributed by atoms with Crippen molar-refractivity contribution in [3.05, 3.63) is 39.3 Å². The zero-order valence-electron chi connectivity index (χ0n) is 14.1. The van der Waals surface area contributed by atoms with Gasteiger partial charge >= 0.3 is 0 Å². The third-order valence-corrected chi connectivity index (χ3v) is 4.84. The van der Waals surface area contributed by atoms with E-state index in [0.29, 0.717) is 23.6 Å². The molecule has 0 bridgehead atoms. The zero-order valence-corrected chi connectivity index (χ0v) is 14.9. The Bertz CT molecular complexity index is 672. The largest absolute Gasteiger partial charge is 0.496 e. The summed E-state index contributed by atoms with van der Waals surface area (Å²) in [4.78, 5) is 16.8. The van der Waals surface area contributed by atoms with E-state index in [1.807, 2.05) is 19.2 Å². The van der Waals surface area contributed by atoms with Crippen molar-refractivity contribution in [1.29, 1.82) is 0 Å². The molecule has 0 aliphatic carbocycles. The van der Waals surface area contributed by atoms with Gasteiger partial charge in [0.1, 0.15) is 11.5 Å². The number of nitrogens with one attached hydrogen (secondary N) is 1. The molecule has 5 nitrogen and oxygen atoms in total. The van der Waals surface area contributed by atoms with Gasteiger partial charge in [-0.15, -0.1) is 11.3 Å². The smallest absolute Gasteiger partial charge is 0.251 e. The molecule has 0 saturated carbocycles. The molecule has 1 aromatic heterocycles. The monoisotopic (exact) mass is 334 g/mol. The number of nitrogens with zero attached hydrogens (tertiary/aromatic N) is 1. The molecule has 1 atom stereocenters. The highest BCUT2D eigenvalue weighted by Gasteiger charge is 2.15. The highest BCUT2D eigenvalue weighted by Crippen LogP contribution is 2.29. The van der Waals surface area contributed by atoms with Crippen molar-refractivity contribution in [2.24, 2.45) is 0 Å². The Hall–Kier alpha value is -2.08. The molecule has 6 heteroatoms. The molecule has 0 saturated heterocycles. The van der Waals surface area contributed by atoms with Crippen LogP contribution in [0.15, 0.2) is 17.5 Å². The lowest BCUT2D eigenvalue weighted by Crippen LogP contribution is -2.27. The van der Waals surface area contributed by atoms with E-state index < -0.39 is 0 Å². The number of carbonyl (C=O) groups excluding carboxylic acids is 1. The first-order valence-electron chi connectivity index (χ1n) is 7.39. The van der Waals surface area contributed by atoms with Crippen LogP contribution in [0.3, 0.4) is 0 Å². The Morgan fingerprint density at radius 2 is 1.87 bits per heavy atom. The molecule has 1 aromatic carbocycles. The molecule has 0 unspecified atom stereocenters. The van der Waals surface area contributed by atoms with Gasteiger partial charge in [-0.25, -0.2) is 4.98 Å². The summed E-state index contributed by atoms with van der Waals surface area (Å²) in [5, 5.41) is 5.99. The molecular weight excluding hydrogens is 312 g/mol. The lowest BCUT2D eigenvalue weighted by molar-refractivity contribution is 0.0951. The highest BCUT2D eigenvalue weighted by atomic mass is 32.1. The molecule has 2 aromatic rings. The normalized spacial score (nSPS) is 11.9. The van der Waals surface area contributed by atoms with Crippen LogP contribution in [0, 0.1) is 13.8 Å². The molecule has 1 N–H and O–H groups in total. The molecular formula is C17H22N2O3S. The van der Waals surface area contributed by atoms with E-state index in [-0.39, 0.29) is 11.8 Å². The average Bonchev–Trinajstić information content (AvgIpc) is 2.99. The number of aryl methyl sites for hydroxylation is 1. The van der Waals surface area contributed by atoms with Gasteiger partial charge in [0.2, 0.25) is 0 Å². The van der Waals surface area contributed by atoms with Crippen LogP contribution in [0.25, 0.3) is 0 Å². The van der Waals surface area contributed by atoms with Crippen molar-refractivity contribution in [2.75, 3.05) is 20.8 Å². The van der Waals surface area contributed by atoms with E-state index in [9.17, 15) is 4.79 Å². The van der Waals surface area contributed by atoms with Gasteiger partial charge in [0.15, 0.2) is 0 Å². The van der Waals surface area contributed by atoms with E-state index in [4.69, 9.17) is 9.47 Å². The van der Waals surface area contributed by atoms with Crippen LogP contribution in [0.4, 0.5) is 0 Å². The summed E-state index contributed by atoms with van der Waals surface area (Å²) >= 11 is 1.62. The summed E-state index contributed by atoms with van der Waals surface area (Å²) < 4.78 is 10.6. The first kappa shape index (κ1) is 17.3. The maximum Gasteiger partial charge on any atom is 0.251 e. The van der Waals surface area contributed by atoms with Gasteiger partial charge in [-0.2, -0.15) is 0 Å². The molecule has 0 aliphatic rings. The molecule has 0 spiro atoms. The van der Waals surface area contributed by atoms with Crippen LogP contribution >= 0.6 is 11.3 Å². The summed E-state index contributed by atoms with van der Waals surface area (Å²) in [6.45, 7) is 6.45. The van der Waals surface area contributed by atoms with Crippen molar-refractivity contribution in [3.8, 4) is 11.5 Å². The second-order valence-corrected chi connectivity index (χ2v) is 6.33. The third-order valence-electron chi connectivity index (χ3n) is 3.64. The number of carbonyl (C=O) groups is 1. The van der Waals surface area contributed by atoms with Gasteiger partial charge < -0.3 is 14.8 Å². The van der Waals surface area contributed by atoms with E-state index in [1.54, 1.807) is 37.7 Å². The Balaban J connectivity index is 2.08. The van der Waals surface area contributed by atoms with E-state index >= 15 is 0 Å². The molecule has 1 amide bonds. The quantitative estimate of drug-likeness (QED) is 0.880. The fourth-order valence-electron chi connectivity index (χ4n) is 2.25. The maximum absolute atomic E-state index is 12.4. The second-order valence-electron chi connectivity index (χ2n) is 5.44. The van der Waals surface area contributed by atoms with Crippen LogP contribution in [0.1, 0.15) is 39.5 Å². The maximum atomic E-state index is 12.4. The minimum Gasteiger partial charge on any atom is -0.496 e. The molecule has 0 fully saturated rings. The van der Waals surface area contributed by atoms with Crippen LogP contribution in [-0.2, 0) is 0 Å². The van der Waals surface area contributed by atoms with Crippen molar-refractivity contribution in [1.82, 2.24) is 10.3 Å². The molecule has 124 valence electrons. The predicted octanol–water partition coefficient (Wildman–Crippen LogP) is 3.31. The van der Waals surface area contributed by atoms with Crippen molar-refractivity contribution < 1.29 is 14.3 Å². The third kappa shape index (κ3) is 4.01. The summed E-state index contributed by atoms with van der Waals surface area (Å²) in [5.74, 6) is 1.30. The average molecular weight is 334 g/mol. The first-order chi connectivity index (χ1) is 11.0. The summed E-state index contributed by atoms with van der Waals surface area (Å²) in [7, 11) is 3.16. The number of methoxy groups -OCH3 is 2.